The number of ether oxygens (including phenoxy) is 1. The van der Waals surface area contributed by atoms with Crippen LogP contribution in [0.2, 0.25) is 0 Å². The van der Waals surface area contributed by atoms with Gasteiger partial charge in [-0.25, -0.2) is 0 Å². The predicted octanol–water partition coefficient (Wildman–Crippen LogP) is 1.20. The Balaban J connectivity index is 1.86. The summed E-state index contributed by atoms with van der Waals surface area (Å²) in [5.41, 5.74) is 2.72. The quantitative estimate of drug-likeness (QED) is 0.851. The van der Waals surface area contributed by atoms with Gasteiger partial charge in [-0.1, -0.05) is 18.2 Å². The summed E-state index contributed by atoms with van der Waals surface area (Å²) in [7, 11) is 1.53. The molecular weight excluding hydrogens is 228 g/mol. The van der Waals surface area contributed by atoms with Crippen molar-refractivity contribution in [1.82, 2.24) is 5.32 Å². The Bertz CT molecular complexity index is 407. The van der Waals surface area contributed by atoms with Crippen molar-refractivity contribution in [1.29, 1.82) is 0 Å². The lowest BCUT2D eigenvalue weighted by atomic mass is 10.0. The van der Waals surface area contributed by atoms with E-state index in [0.717, 1.165) is 19.5 Å². The third kappa shape index (κ3) is 3.23. The van der Waals surface area contributed by atoms with Crippen LogP contribution in [0, 0.1) is 0 Å². The Labute approximate surface area is 108 Å². The highest BCUT2D eigenvalue weighted by Gasteiger charge is 2.15. The topological polar surface area (TPSA) is 41.6 Å². The summed E-state index contributed by atoms with van der Waals surface area (Å²) in [6.07, 6.45) is 2.34. The second kappa shape index (κ2) is 6.40. The van der Waals surface area contributed by atoms with Crippen molar-refractivity contribution < 1.29 is 9.53 Å². The molecule has 18 heavy (non-hydrogen) atoms. The molecule has 0 unspecified atom stereocenters. The maximum Gasteiger partial charge on any atom is 0.246 e. The van der Waals surface area contributed by atoms with Gasteiger partial charge in [-0.05, 0) is 24.5 Å². The first-order valence-corrected chi connectivity index (χ1v) is 6.40. The molecule has 4 heteroatoms. The van der Waals surface area contributed by atoms with Crippen LogP contribution in [0.1, 0.15) is 12.0 Å². The average molecular weight is 248 g/mol. The van der Waals surface area contributed by atoms with Gasteiger partial charge in [0.15, 0.2) is 0 Å². The lowest BCUT2D eigenvalue weighted by Gasteiger charge is -2.31. The second-order valence-electron chi connectivity index (χ2n) is 4.50. The summed E-state index contributed by atoms with van der Waals surface area (Å²) in [6.45, 7) is 2.72. The summed E-state index contributed by atoms with van der Waals surface area (Å²) in [5, 5.41) is 2.86. The number of carbonyl (C=O) groups is 1. The van der Waals surface area contributed by atoms with E-state index in [2.05, 4.69) is 34.5 Å². The van der Waals surface area contributed by atoms with E-state index in [1.165, 1.54) is 24.8 Å². The number of benzene rings is 1. The monoisotopic (exact) mass is 248 g/mol. The van der Waals surface area contributed by atoms with Gasteiger partial charge in [0.05, 0.1) is 0 Å². The number of carbonyl (C=O) groups excluding carboxylic acids is 1. The standard InChI is InChI=1S/C14H20N2O2/c1-18-11-14(17)15-8-10-16-9-4-6-12-5-2-3-7-13(12)16/h2-3,5,7H,4,6,8-11H2,1H3,(H,15,17). The number of methoxy groups -OCH3 is 1. The Hall–Kier alpha value is -1.55. The fraction of sp³-hybridized carbons (Fsp3) is 0.500. The van der Waals surface area contributed by atoms with Crippen molar-refractivity contribution in [2.24, 2.45) is 0 Å². The molecule has 1 aromatic carbocycles. The number of amides is 1. The number of para-hydroxylation sites is 1. The van der Waals surface area contributed by atoms with Crippen molar-refractivity contribution in [2.45, 2.75) is 12.8 Å². The van der Waals surface area contributed by atoms with E-state index < -0.39 is 0 Å². The van der Waals surface area contributed by atoms with Crippen LogP contribution in [0.15, 0.2) is 24.3 Å². The first-order chi connectivity index (χ1) is 8.81. The molecule has 1 aliphatic rings. The average Bonchev–Trinajstić information content (AvgIpc) is 2.39. The summed E-state index contributed by atoms with van der Waals surface area (Å²) < 4.78 is 4.78. The van der Waals surface area contributed by atoms with E-state index in [4.69, 9.17) is 4.74 Å². The molecule has 0 aliphatic carbocycles. The lowest BCUT2D eigenvalue weighted by molar-refractivity contribution is -0.124. The zero-order valence-corrected chi connectivity index (χ0v) is 10.8. The van der Waals surface area contributed by atoms with Gasteiger partial charge in [0.2, 0.25) is 5.91 Å². The van der Waals surface area contributed by atoms with Crippen molar-refractivity contribution in [3.05, 3.63) is 29.8 Å². The van der Waals surface area contributed by atoms with Gasteiger partial charge in [0.1, 0.15) is 6.61 Å². The summed E-state index contributed by atoms with van der Waals surface area (Å²) in [6, 6.07) is 8.50. The first-order valence-electron chi connectivity index (χ1n) is 6.40. The van der Waals surface area contributed by atoms with Gasteiger partial charge in [-0.3, -0.25) is 4.79 Å². The van der Waals surface area contributed by atoms with Crippen LogP contribution in [0.3, 0.4) is 0 Å². The molecule has 1 aliphatic heterocycles. The molecule has 0 saturated heterocycles. The van der Waals surface area contributed by atoms with E-state index in [-0.39, 0.29) is 12.5 Å². The molecule has 0 fully saturated rings. The fourth-order valence-corrected chi connectivity index (χ4v) is 2.36. The van der Waals surface area contributed by atoms with Crippen LogP contribution >= 0.6 is 0 Å². The minimum atomic E-state index is -0.0530. The van der Waals surface area contributed by atoms with Crippen LogP contribution in [0.4, 0.5) is 5.69 Å². The largest absolute Gasteiger partial charge is 0.375 e. The molecule has 0 saturated carbocycles. The van der Waals surface area contributed by atoms with Gasteiger partial charge in [0.25, 0.3) is 0 Å². The fourth-order valence-electron chi connectivity index (χ4n) is 2.36. The number of hydrogen-bond donors (Lipinski definition) is 1. The molecule has 1 aromatic rings. The molecule has 1 heterocycles. The highest BCUT2D eigenvalue weighted by molar-refractivity contribution is 5.77. The van der Waals surface area contributed by atoms with Crippen LogP contribution in [-0.4, -0.2) is 39.3 Å². The number of rotatable bonds is 5. The van der Waals surface area contributed by atoms with Gasteiger partial charge in [-0.15, -0.1) is 0 Å². The first kappa shape index (κ1) is 12.9. The minimum absolute atomic E-state index is 0.0530. The van der Waals surface area contributed by atoms with Gasteiger partial charge in [0, 0.05) is 32.4 Å². The normalized spacial score (nSPS) is 14.2. The number of fused-ring (bicyclic) bond motifs is 1. The number of aryl methyl sites for hydroxylation is 1. The van der Waals surface area contributed by atoms with Gasteiger partial charge < -0.3 is 15.0 Å². The molecule has 1 amide bonds. The zero-order valence-electron chi connectivity index (χ0n) is 10.8. The Morgan fingerprint density at radius 1 is 1.44 bits per heavy atom. The Morgan fingerprint density at radius 2 is 2.28 bits per heavy atom. The van der Waals surface area contributed by atoms with Crippen LogP contribution < -0.4 is 10.2 Å². The molecule has 0 radical (unpaired) electrons. The van der Waals surface area contributed by atoms with E-state index in [0.29, 0.717) is 6.54 Å². The third-order valence-electron chi connectivity index (χ3n) is 3.19. The SMILES string of the molecule is COCC(=O)NCCN1CCCc2ccccc21. The maximum atomic E-state index is 11.3. The van der Waals surface area contributed by atoms with Crippen molar-refractivity contribution in [3.8, 4) is 0 Å². The van der Waals surface area contributed by atoms with Gasteiger partial charge in [-0.2, -0.15) is 0 Å². The molecule has 0 aromatic heterocycles. The molecule has 0 bridgehead atoms. The number of hydrogen-bond acceptors (Lipinski definition) is 3. The number of nitrogens with one attached hydrogen (secondary N) is 1. The zero-order chi connectivity index (χ0) is 12.8. The summed E-state index contributed by atoms with van der Waals surface area (Å²) >= 11 is 0. The van der Waals surface area contributed by atoms with Crippen LogP contribution in [-0.2, 0) is 16.0 Å². The van der Waals surface area contributed by atoms with E-state index >= 15 is 0 Å². The van der Waals surface area contributed by atoms with E-state index in [1.54, 1.807) is 0 Å². The minimum Gasteiger partial charge on any atom is -0.375 e. The highest BCUT2D eigenvalue weighted by atomic mass is 16.5. The Kier molecular flexibility index (Phi) is 4.59. The van der Waals surface area contributed by atoms with E-state index in [1.807, 2.05) is 0 Å². The summed E-state index contributed by atoms with van der Waals surface area (Å²) in [4.78, 5) is 13.6. The number of nitrogens with zero attached hydrogens (tertiary/aromatic N) is 1. The van der Waals surface area contributed by atoms with Crippen LogP contribution in [0.5, 0.6) is 0 Å². The molecule has 98 valence electrons. The molecule has 4 nitrogen and oxygen atoms in total. The molecule has 1 N–H and O–H groups in total. The van der Waals surface area contributed by atoms with Gasteiger partial charge >= 0.3 is 0 Å². The van der Waals surface area contributed by atoms with Crippen molar-refractivity contribution in [2.75, 3.05) is 38.3 Å². The smallest absolute Gasteiger partial charge is 0.246 e. The van der Waals surface area contributed by atoms with E-state index in [9.17, 15) is 4.79 Å². The second-order valence-corrected chi connectivity index (χ2v) is 4.50. The lowest BCUT2D eigenvalue weighted by Crippen LogP contribution is -2.38. The molecule has 0 atom stereocenters. The third-order valence-corrected chi connectivity index (χ3v) is 3.19. The highest BCUT2D eigenvalue weighted by Crippen LogP contribution is 2.25. The molecule has 0 spiro atoms. The predicted molar refractivity (Wildman–Crippen MR) is 71.9 cm³/mol. The van der Waals surface area contributed by atoms with Crippen LogP contribution in [0.25, 0.3) is 0 Å². The molecule has 2 rings (SSSR count). The maximum absolute atomic E-state index is 11.3. The summed E-state index contributed by atoms with van der Waals surface area (Å²) in [5.74, 6) is -0.0530. The van der Waals surface area contributed by atoms with Crippen molar-refractivity contribution >= 4 is 11.6 Å². The molecular formula is C14H20N2O2. The Morgan fingerprint density at radius 3 is 3.11 bits per heavy atom. The number of anilines is 1. The van der Waals surface area contributed by atoms with Crippen molar-refractivity contribution in [3.63, 3.8) is 0 Å².